The van der Waals surface area contributed by atoms with Gasteiger partial charge in [-0.15, -0.1) is 0 Å². The molecule has 2 N–H and O–H groups in total. The highest BCUT2D eigenvalue weighted by molar-refractivity contribution is 5.50. The van der Waals surface area contributed by atoms with E-state index in [1.165, 1.54) is 0 Å². The van der Waals surface area contributed by atoms with E-state index in [0.29, 0.717) is 6.61 Å². The normalized spacial score (nSPS) is 19.3. The fourth-order valence-electron chi connectivity index (χ4n) is 1.59. The van der Waals surface area contributed by atoms with Gasteiger partial charge in [0.05, 0.1) is 12.1 Å². The first-order valence-electron chi connectivity index (χ1n) is 4.86. The molecule has 0 aliphatic carbocycles. The van der Waals surface area contributed by atoms with Crippen LogP contribution in [0.15, 0.2) is 18.2 Å². The van der Waals surface area contributed by atoms with E-state index in [0.717, 1.165) is 17.1 Å². The highest BCUT2D eigenvalue weighted by Crippen LogP contribution is 2.39. The Hall–Kier alpha value is -1.22. The molecule has 2 rings (SSSR count). The van der Waals surface area contributed by atoms with E-state index in [9.17, 15) is 0 Å². The molecule has 0 amide bonds. The van der Waals surface area contributed by atoms with Crippen molar-refractivity contribution in [1.29, 1.82) is 0 Å². The number of nitrogens with two attached hydrogens (primary N) is 1. The van der Waals surface area contributed by atoms with E-state index in [-0.39, 0.29) is 12.1 Å². The van der Waals surface area contributed by atoms with Gasteiger partial charge < -0.3 is 15.2 Å². The second-order valence-electron chi connectivity index (χ2n) is 3.76. The topological polar surface area (TPSA) is 44.5 Å². The number of benzene rings is 1. The minimum absolute atomic E-state index is 0.0132. The van der Waals surface area contributed by atoms with Crippen LogP contribution in [0.25, 0.3) is 0 Å². The molecule has 1 aliphatic heterocycles. The molecular weight excluding hydrogens is 178 g/mol. The SMILES string of the molecule is CC(C)Oc1cccc2c1OC[C@@H]2N. The third-order valence-corrected chi connectivity index (χ3v) is 2.18. The fourth-order valence-corrected chi connectivity index (χ4v) is 1.59. The minimum Gasteiger partial charge on any atom is -0.487 e. The predicted molar refractivity (Wildman–Crippen MR) is 54.6 cm³/mol. The molecule has 0 fully saturated rings. The molecule has 14 heavy (non-hydrogen) atoms. The second kappa shape index (κ2) is 3.50. The number of fused-ring (bicyclic) bond motifs is 1. The summed E-state index contributed by atoms with van der Waals surface area (Å²) in [7, 11) is 0. The zero-order chi connectivity index (χ0) is 10.1. The van der Waals surface area contributed by atoms with Crippen molar-refractivity contribution in [1.82, 2.24) is 0 Å². The summed E-state index contributed by atoms with van der Waals surface area (Å²) in [4.78, 5) is 0. The van der Waals surface area contributed by atoms with Crippen LogP contribution in [0.2, 0.25) is 0 Å². The number of rotatable bonds is 2. The molecule has 1 aromatic carbocycles. The van der Waals surface area contributed by atoms with Crippen LogP contribution < -0.4 is 15.2 Å². The van der Waals surface area contributed by atoms with E-state index in [1.54, 1.807) is 0 Å². The molecule has 76 valence electrons. The third kappa shape index (κ3) is 1.55. The monoisotopic (exact) mass is 193 g/mol. The summed E-state index contributed by atoms with van der Waals surface area (Å²) in [5, 5.41) is 0. The molecule has 3 heteroatoms. The Bertz CT molecular complexity index is 336. The van der Waals surface area contributed by atoms with Gasteiger partial charge in [-0.05, 0) is 19.9 Å². The van der Waals surface area contributed by atoms with Crippen LogP contribution in [0.3, 0.4) is 0 Å². The lowest BCUT2D eigenvalue weighted by Gasteiger charge is -2.12. The van der Waals surface area contributed by atoms with Crippen molar-refractivity contribution in [3.05, 3.63) is 23.8 Å². The van der Waals surface area contributed by atoms with Gasteiger partial charge in [0, 0.05) is 5.56 Å². The molecule has 0 saturated heterocycles. The van der Waals surface area contributed by atoms with Crippen molar-refractivity contribution < 1.29 is 9.47 Å². The van der Waals surface area contributed by atoms with E-state index < -0.39 is 0 Å². The Morgan fingerprint density at radius 1 is 1.50 bits per heavy atom. The van der Waals surface area contributed by atoms with Gasteiger partial charge in [-0.1, -0.05) is 12.1 Å². The van der Waals surface area contributed by atoms with Crippen molar-refractivity contribution in [3.8, 4) is 11.5 Å². The first-order chi connectivity index (χ1) is 6.68. The van der Waals surface area contributed by atoms with Crippen molar-refractivity contribution in [3.63, 3.8) is 0 Å². The maximum atomic E-state index is 5.87. The van der Waals surface area contributed by atoms with Crippen molar-refractivity contribution in [2.75, 3.05) is 6.61 Å². The summed E-state index contributed by atoms with van der Waals surface area (Å²) in [6.07, 6.45) is 0.155. The Morgan fingerprint density at radius 2 is 2.29 bits per heavy atom. The maximum absolute atomic E-state index is 5.87. The van der Waals surface area contributed by atoms with E-state index in [2.05, 4.69) is 0 Å². The van der Waals surface area contributed by atoms with E-state index in [4.69, 9.17) is 15.2 Å². The van der Waals surface area contributed by atoms with Crippen molar-refractivity contribution >= 4 is 0 Å². The molecule has 3 nitrogen and oxygen atoms in total. The van der Waals surface area contributed by atoms with Gasteiger partial charge >= 0.3 is 0 Å². The average Bonchev–Trinajstić information content (AvgIpc) is 2.49. The minimum atomic E-state index is -0.0132. The van der Waals surface area contributed by atoms with E-state index >= 15 is 0 Å². The molecule has 0 bridgehead atoms. The molecule has 1 atom stereocenters. The van der Waals surface area contributed by atoms with Crippen LogP contribution in [0, 0.1) is 0 Å². The molecular formula is C11H15NO2. The summed E-state index contributed by atoms with van der Waals surface area (Å²) >= 11 is 0. The first-order valence-corrected chi connectivity index (χ1v) is 4.86. The zero-order valence-corrected chi connectivity index (χ0v) is 8.49. The fraction of sp³-hybridized carbons (Fsp3) is 0.455. The largest absolute Gasteiger partial charge is 0.487 e. The molecule has 0 saturated carbocycles. The van der Waals surface area contributed by atoms with E-state index in [1.807, 2.05) is 32.0 Å². The quantitative estimate of drug-likeness (QED) is 0.779. The van der Waals surface area contributed by atoms with Gasteiger partial charge in [0.15, 0.2) is 11.5 Å². The number of para-hydroxylation sites is 1. The molecule has 0 spiro atoms. The van der Waals surface area contributed by atoms with Crippen molar-refractivity contribution in [2.45, 2.75) is 26.0 Å². The Kier molecular flexibility index (Phi) is 2.33. The smallest absolute Gasteiger partial charge is 0.166 e. The van der Waals surface area contributed by atoms with Gasteiger partial charge in [0.2, 0.25) is 0 Å². The van der Waals surface area contributed by atoms with Crippen LogP contribution >= 0.6 is 0 Å². The average molecular weight is 193 g/mol. The van der Waals surface area contributed by atoms with Gasteiger partial charge in [-0.2, -0.15) is 0 Å². The summed E-state index contributed by atoms with van der Waals surface area (Å²) in [5.74, 6) is 1.61. The van der Waals surface area contributed by atoms with Gasteiger partial charge in [0.25, 0.3) is 0 Å². The molecule has 1 heterocycles. The molecule has 0 radical (unpaired) electrons. The Labute approximate surface area is 83.8 Å². The molecule has 1 aliphatic rings. The summed E-state index contributed by atoms with van der Waals surface area (Å²) in [6.45, 7) is 4.54. The van der Waals surface area contributed by atoms with Gasteiger partial charge in [0.1, 0.15) is 6.61 Å². The first kappa shape index (κ1) is 9.34. The second-order valence-corrected chi connectivity index (χ2v) is 3.76. The highest BCUT2D eigenvalue weighted by Gasteiger charge is 2.24. The lowest BCUT2D eigenvalue weighted by atomic mass is 10.1. The van der Waals surface area contributed by atoms with Crippen molar-refractivity contribution in [2.24, 2.45) is 5.73 Å². The summed E-state index contributed by atoms with van der Waals surface area (Å²) < 4.78 is 11.1. The highest BCUT2D eigenvalue weighted by atomic mass is 16.5. The number of ether oxygens (including phenoxy) is 2. The maximum Gasteiger partial charge on any atom is 0.166 e. The van der Waals surface area contributed by atoms with Gasteiger partial charge in [-0.25, -0.2) is 0 Å². The molecule has 0 unspecified atom stereocenters. The van der Waals surface area contributed by atoms with Crippen LogP contribution in [0.1, 0.15) is 25.5 Å². The lowest BCUT2D eigenvalue weighted by Crippen LogP contribution is -2.10. The van der Waals surface area contributed by atoms with Crippen LogP contribution in [-0.4, -0.2) is 12.7 Å². The Morgan fingerprint density at radius 3 is 3.00 bits per heavy atom. The summed E-state index contributed by atoms with van der Waals surface area (Å²) in [5.41, 5.74) is 6.91. The van der Waals surface area contributed by atoms with Crippen LogP contribution in [-0.2, 0) is 0 Å². The number of hydrogen-bond donors (Lipinski definition) is 1. The molecule has 1 aromatic rings. The standard InChI is InChI=1S/C11H15NO2/c1-7(2)14-10-5-3-4-8-9(12)6-13-11(8)10/h3-5,7,9H,6,12H2,1-2H3/t9-/m0/s1. The third-order valence-electron chi connectivity index (χ3n) is 2.18. The zero-order valence-electron chi connectivity index (χ0n) is 8.49. The summed E-state index contributed by atoms with van der Waals surface area (Å²) in [6, 6.07) is 5.84. The van der Waals surface area contributed by atoms with Crippen LogP contribution in [0.4, 0.5) is 0 Å². The van der Waals surface area contributed by atoms with Gasteiger partial charge in [-0.3, -0.25) is 0 Å². The number of hydrogen-bond acceptors (Lipinski definition) is 3. The van der Waals surface area contributed by atoms with Crippen LogP contribution in [0.5, 0.6) is 11.5 Å². The predicted octanol–water partition coefficient (Wildman–Crippen LogP) is 1.87. The lowest BCUT2D eigenvalue weighted by molar-refractivity contribution is 0.226. The molecule has 0 aromatic heterocycles. The Balaban J connectivity index is 2.34.